The number of carbonyl (C=O) groups is 2. The summed E-state index contributed by atoms with van der Waals surface area (Å²) in [7, 11) is 0. The number of phenolic OH excluding ortho intramolecular Hbond substituents is 1. The summed E-state index contributed by atoms with van der Waals surface area (Å²) in [6, 6.07) is 14.8. The number of ether oxygens (including phenoxy) is 1. The van der Waals surface area contributed by atoms with E-state index >= 15 is 0 Å². The third-order valence-corrected chi connectivity index (χ3v) is 5.52. The number of hydrogen-bond donors (Lipinski definition) is 3. The van der Waals surface area contributed by atoms with Gasteiger partial charge in [0.1, 0.15) is 18.4 Å². The van der Waals surface area contributed by atoms with Gasteiger partial charge in [0, 0.05) is 6.04 Å². The fourth-order valence-electron chi connectivity index (χ4n) is 3.79. The van der Waals surface area contributed by atoms with Crippen LogP contribution in [0.2, 0.25) is 0 Å². The van der Waals surface area contributed by atoms with Gasteiger partial charge in [0.2, 0.25) is 5.91 Å². The zero-order valence-corrected chi connectivity index (χ0v) is 17.5. The predicted molar refractivity (Wildman–Crippen MR) is 115 cm³/mol. The van der Waals surface area contributed by atoms with E-state index in [0.717, 1.165) is 24.0 Å². The average Bonchev–Trinajstić information content (AvgIpc) is 2.77. The van der Waals surface area contributed by atoms with E-state index in [1.165, 1.54) is 12.1 Å². The molecule has 7 heteroatoms. The van der Waals surface area contributed by atoms with Gasteiger partial charge in [0.15, 0.2) is 0 Å². The fraction of sp³-hybridized carbons (Fsp3) is 0.375. The number of rotatable bonds is 6. The van der Waals surface area contributed by atoms with Crippen molar-refractivity contribution >= 4 is 12.0 Å². The molecule has 3 unspecified atom stereocenters. The number of benzene rings is 2. The lowest BCUT2D eigenvalue weighted by Crippen LogP contribution is -2.49. The lowest BCUT2D eigenvalue weighted by Gasteiger charge is -2.31. The molecule has 0 saturated heterocycles. The first-order chi connectivity index (χ1) is 15.0. The molecular formula is C24H27N3O4. The standard InChI is InChI=1S/C24H27N3O4/c1-16-9-11-17(12-10-16)15-31-24(30)27-21-8-3-2-7-20(21)23(29)26-22(14-25)18-5-4-6-19(28)13-18/h4-6,9-13,20-22,28H,2-3,7-8,15H2,1H3,(H,26,29)(H,27,30). The molecule has 2 aromatic carbocycles. The molecule has 3 N–H and O–H groups in total. The van der Waals surface area contributed by atoms with E-state index in [1.807, 2.05) is 31.2 Å². The van der Waals surface area contributed by atoms with Crippen LogP contribution < -0.4 is 10.6 Å². The van der Waals surface area contributed by atoms with Crippen LogP contribution in [0.1, 0.15) is 48.4 Å². The van der Waals surface area contributed by atoms with Crippen LogP contribution in [-0.2, 0) is 16.1 Å². The Kier molecular flexibility index (Phi) is 7.50. The summed E-state index contributed by atoms with van der Waals surface area (Å²) in [5.74, 6) is -0.715. The van der Waals surface area contributed by atoms with Crippen LogP contribution in [0.3, 0.4) is 0 Å². The topological polar surface area (TPSA) is 111 Å². The molecule has 1 aliphatic carbocycles. The summed E-state index contributed by atoms with van der Waals surface area (Å²) in [5, 5.41) is 24.7. The highest BCUT2D eigenvalue weighted by atomic mass is 16.5. The third-order valence-electron chi connectivity index (χ3n) is 5.52. The Hall–Kier alpha value is -3.53. The van der Waals surface area contributed by atoms with Crippen LogP contribution in [0.15, 0.2) is 48.5 Å². The number of nitrogens with one attached hydrogen (secondary N) is 2. The monoisotopic (exact) mass is 421 g/mol. The van der Waals surface area contributed by atoms with Gasteiger partial charge in [-0.1, -0.05) is 54.8 Å². The second kappa shape index (κ2) is 10.5. The maximum atomic E-state index is 12.9. The van der Waals surface area contributed by atoms with Crippen LogP contribution >= 0.6 is 0 Å². The highest BCUT2D eigenvalue weighted by Crippen LogP contribution is 2.26. The quantitative estimate of drug-likeness (QED) is 0.656. The molecular weight excluding hydrogens is 394 g/mol. The molecule has 3 rings (SSSR count). The summed E-state index contributed by atoms with van der Waals surface area (Å²) in [6.45, 7) is 2.15. The van der Waals surface area contributed by atoms with Crippen molar-refractivity contribution in [1.29, 1.82) is 5.26 Å². The Morgan fingerprint density at radius 3 is 2.65 bits per heavy atom. The van der Waals surface area contributed by atoms with Gasteiger partial charge in [-0.15, -0.1) is 0 Å². The molecule has 0 spiro atoms. The first-order valence-electron chi connectivity index (χ1n) is 10.4. The third kappa shape index (κ3) is 6.22. The van der Waals surface area contributed by atoms with Gasteiger partial charge >= 0.3 is 6.09 Å². The molecule has 0 bridgehead atoms. The van der Waals surface area contributed by atoms with E-state index in [-0.39, 0.29) is 24.3 Å². The zero-order chi connectivity index (χ0) is 22.2. The number of nitriles is 1. The average molecular weight is 421 g/mol. The largest absolute Gasteiger partial charge is 0.508 e. The Bertz CT molecular complexity index is 952. The molecule has 2 aromatic rings. The number of phenols is 1. The maximum Gasteiger partial charge on any atom is 0.407 e. The number of aromatic hydroxyl groups is 1. The Labute approximate surface area is 182 Å². The minimum absolute atomic E-state index is 0.0283. The van der Waals surface area contributed by atoms with Crippen molar-refractivity contribution < 1.29 is 19.4 Å². The molecule has 0 aliphatic heterocycles. The van der Waals surface area contributed by atoms with Crippen molar-refractivity contribution in [3.63, 3.8) is 0 Å². The lowest BCUT2D eigenvalue weighted by molar-refractivity contribution is -0.127. The van der Waals surface area contributed by atoms with Gasteiger partial charge in [0.05, 0.1) is 12.0 Å². The fourth-order valence-corrected chi connectivity index (χ4v) is 3.79. The van der Waals surface area contributed by atoms with Gasteiger partial charge in [-0.25, -0.2) is 4.79 Å². The summed E-state index contributed by atoms with van der Waals surface area (Å²) in [5.41, 5.74) is 2.53. The molecule has 3 atom stereocenters. The van der Waals surface area contributed by atoms with Gasteiger partial charge in [-0.3, -0.25) is 4.79 Å². The molecule has 0 radical (unpaired) electrons. The van der Waals surface area contributed by atoms with E-state index in [4.69, 9.17) is 4.74 Å². The number of hydrogen-bond acceptors (Lipinski definition) is 5. The number of amides is 2. The first-order valence-corrected chi connectivity index (χ1v) is 10.4. The Morgan fingerprint density at radius 2 is 1.94 bits per heavy atom. The SMILES string of the molecule is Cc1ccc(COC(=O)NC2CCCCC2C(=O)NC(C#N)c2cccc(O)c2)cc1. The maximum absolute atomic E-state index is 12.9. The molecule has 2 amide bonds. The molecule has 1 fully saturated rings. The second-order valence-corrected chi connectivity index (χ2v) is 7.87. The number of carbonyl (C=O) groups excluding carboxylic acids is 2. The van der Waals surface area contributed by atoms with E-state index in [1.54, 1.807) is 12.1 Å². The summed E-state index contributed by atoms with van der Waals surface area (Å²) < 4.78 is 5.32. The number of nitrogens with zero attached hydrogens (tertiary/aromatic N) is 1. The van der Waals surface area contributed by atoms with Gasteiger partial charge in [-0.05, 0) is 43.0 Å². The highest BCUT2D eigenvalue weighted by molar-refractivity contribution is 5.81. The Balaban J connectivity index is 1.58. The minimum atomic E-state index is -0.879. The first kappa shape index (κ1) is 22.2. The van der Waals surface area contributed by atoms with Crippen molar-refractivity contribution in [3.8, 4) is 11.8 Å². The minimum Gasteiger partial charge on any atom is -0.508 e. The Morgan fingerprint density at radius 1 is 1.19 bits per heavy atom. The molecule has 1 aliphatic rings. The molecule has 0 aromatic heterocycles. The van der Waals surface area contributed by atoms with E-state index < -0.39 is 18.1 Å². The van der Waals surface area contributed by atoms with Crippen LogP contribution in [0.5, 0.6) is 5.75 Å². The second-order valence-electron chi connectivity index (χ2n) is 7.87. The van der Waals surface area contributed by atoms with Crippen molar-refractivity contribution in [2.75, 3.05) is 0 Å². The van der Waals surface area contributed by atoms with Crippen LogP contribution in [0, 0.1) is 24.2 Å². The van der Waals surface area contributed by atoms with E-state index in [9.17, 15) is 20.0 Å². The van der Waals surface area contributed by atoms with E-state index in [2.05, 4.69) is 16.7 Å². The zero-order valence-electron chi connectivity index (χ0n) is 17.5. The van der Waals surface area contributed by atoms with Crippen LogP contribution in [0.25, 0.3) is 0 Å². The smallest absolute Gasteiger partial charge is 0.407 e. The molecule has 0 heterocycles. The molecule has 7 nitrogen and oxygen atoms in total. The number of alkyl carbamates (subject to hydrolysis) is 1. The highest BCUT2D eigenvalue weighted by Gasteiger charge is 2.33. The number of aryl methyl sites for hydroxylation is 1. The molecule has 162 valence electrons. The van der Waals surface area contributed by atoms with Crippen LogP contribution in [-0.4, -0.2) is 23.1 Å². The molecule has 1 saturated carbocycles. The summed E-state index contributed by atoms with van der Waals surface area (Å²) >= 11 is 0. The normalized spacial score (nSPS) is 19.0. The van der Waals surface area contributed by atoms with Gasteiger partial charge in [-0.2, -0.15) is 5.26 Å². The van der Waals surface area contributed by atoms with Crippen molar-refractivity contribution in [2.45, 2.75) is 51.3 Å². The summed E-state index contributed by atoms with van der Waals surface area (Å²) in [6.07, 6.45) is 2.50. The lowest BCUT2D eigenvalue weighted by atomic mass is 9.83. The van der Waals surface area contributed by atoms with Gasteiger partial charge in [0.25, 0.3) is 0 Å². The predicted octanol–water partition coefficient (Wildman–Crippen LogP) is 3.87. The van der Waals surface area contributed by atoms with Crippen LogP contribution in [0.4, 0.5) is 4.79 Å². The van der Waals surface area contributed by atoms with Gasteiger partial charge < -0.3 is 20.5 Å². The summed E-state index contributed by atoms with van der Waals surface area (Å²) in [4.78, 5) is 25.2. The molecule has 31 heavy (non-hydrogen) atoms. The van der Waals surface area contributed by atoms with E-state index in [0.29, 0.717) is 18.4 Å². The van der Waals surface area contributed by atoms with Crippen molar-refractivity contribution in [1.82, 2.24) is 10.6 Å². The van der Waals surface area contributed by atoms with Crippen molar-refractivity contribution in [3.05, 3.63) is 65.2 Å². The van der Waals surface area contributed by atoms with Crippen molar-refractivity contribution in [2.24, 2.45) is 5.92 Å².